The molecule has 1 saturated heterocycles. The molecule has 2 aromatic rings. The number of piperazine rings is 1. The first kappa shape index (κ1) is 22.2. The zero-order valence-electron chi connectivity index (χ0n) is 18.7. The van der Waals surface area contributed by atoms with Crippen molar-refractivity contribution in [3.05, 3.63) is 53.6 Å². The highest BCUT2D eigenvalue weighted by Crippen LogP contribution is 2.28. The van der Waals surface area contributed by atoms with Crippen molar-refractivity contribution < 1.29 is 4.74 Å². The topological polar surface area (TPSA) is 27.7 Å². The summed E-state index contributed by atoms with van der Waals surface area (Å²) in [4.78, 5) is 6.45. The van der Waals surface area contributed by atoms with Crippen LogP contribution in [0.2, 0.25) is 0 Å². The smallest absolute Gasteiger partial charge is 0.132 e. The molecule has 2 aromatic carbocycles. The summed E-state index contributed by atoms with van der Waals surface area (Å²) in [5.41, 5.74) is 2.17. The highest BCUT2D eigenvalue weighted by molar-refractivity contribution is 7.98. The van der Waals surface area contributed by atoms with Crippen LogP contribution >= 0.6 is 11.8 Å². The van der Waals surface area contributed by atoms with Gasteiger partial charge >= 0.3 is 0 Å². The first-order chi connectivity index (χ1) is 15.2. The number of thioether (sulfide) groups is 1. The average molecular weight is 436 g/mol. The van der Waals surface area contributed by atoms with E-state index in [0.29, 0.717) is 0 Å². The Morgan fingerprint density at radius 2 is 1.84 bits per heavy atom. The molecule has 0 radical (unpaired) electrons. The Labute approximate surface area is 191 Å². The molecule has 1 aliphatic heterocycles. The molecule has 4 nitrogen and oxygen atoms in total. The van der Waals surface area contributed by atoms with E-state index in [1.807, 2.05) is 25.2 Å². The maximum Gasteiger partial charge on any atom is 0.132 e. The lowest BCUT2D eigenvalue weighted by atomic mass is 10.1. The Hall–Kier alpha value is -1.97. The van der Waals surface area contributed by atoms with E-state index < -0.39 is 0 Å². The van der Waals surface area contributed by atoms with E-state index in [9.17, 15) is 0 Å². The Bertz CT molecular complexity index is 906. The first-order valence-electron chi connectivity index (χ1n) is 11.3. The fourth-order valence-corrected chi connectivity index (χ4v) is 4.43. The molecule has 5 heteroatoms. The summed E-state index contributed by atoms with van der Waals surface area (Å²) in [6, 6.07) is 15.4. The van der Waals surface area contributed by atoms with Crippen LogP contribution in [0.15, 0.2) is 47.4 Å². The first-order valence-corrected chi connectivity index (χ1v) is 12.5. The van der Waals surface area contributed by atoms with Gasteiger partial charge in [0.25, 0.3) is 0 Å². The molecule has 2 aliphatic rings. The lowest BCUT2D eigenvalue weighted by molar-refractivity contribution is 0.128. The van der Waals surface area contributed by atoms with Crippen molar-refractivity contribution in [1.29, 1.82) is 0 Å². The molecule has 4 rings (SSSR count). The van der Waals surface area contributed by atoms with Crippen LogP contribution in [-0.2, 0) is 6.54 Å². The quantitative estimate of drug-likeness (QED) is 0.489. The van der Waals surface area contributed by atoms with Crippen LogP contribution in [0, 0.1) is 11.8 Å². The Morgan fingerprint density at radius 1 is 1.06 bits per heavy atom. The van der Waals surface area contributed by atoms with Crippen LogP contribution in [0.4, 0.5) is 0 Å². The van der Waals surface area contributed by atoms with Crippen LogP contribution in [0.1, 0.15) is 30.4 Å². The van der Waals surface area contributed by atoms with E-state index in [4.69, 9.17) is 4.74 Å². The number of rotatable bonds is 8. The number of hydrogen-bond acceptors (Lipinski definition) is 5. The minimum atomic E-state index is 0.749. The average Bonchev–Trinajstić information content (AvgIpc) is 3.65. The Morgan fingerprint density at radius 3 is 2.52 bits per heavy atom. The van der Waals surface area contributed by atoms with Gasteiger partial charge in [0.2, 0.25) is 0 Å². The zero-order valence-corrected chi connectivity index (χ0v) is 19.5. The molecule has 1 heterocycles. The minimum Gasteiger partial charge on any atom is -0.457 e. The van der Waals surface area contributed by atoms with Crippen molar-refractivity contribution in [2.75, 3.05) is 46.0 Å². The van der Waals surface area contributed by atoms with Crippen LogP contribution in [0.5, 0.6) is 11.5 Å². The molecule has 0 spiro atoms. The van der Waals surface area contributed by atoms with Gasteiger partial charge in [0.15, 0.2) is 0 Å². The molecular weight excluding hydrogens is 402 g/mol. The summed E-state index contributed by atoms with van der Waals surface area (Å²) in [7, 11) is 1.96. The lowest BCUT2D eigenvalue weighted by Gasteiger charge is -2.34. The summed E-state index contributed by atoms with van der Waals surface area (Å²) < 4.78 is 6.14. The molecule has 31 heavy (non-hydrogen) atoms. The van der Waals surface area contributed by atoms with E-state index in [1.165, 1.54) is 43.9 Å². The molecule has 0 bridgehead atoms. The zero-order chi connectivity index (χ0) is 21.5. The summed E-state index contributed by atoms with van der Waals surface area (Å²) in [6.07, 6.45) is 5.82. The fourth-order valence-electron chi connectivity index (χ4n) is 4.03. The van der Waals surface area contributed by atoms with E-state index >= 15 is 0 Å². The summed E-state index contributed by atoms with van der Waals surface area (Å²) in [5.74, 6) is 8.47. The predicted octanol–water partition coefficient (Wildman–Crippen LogP) is 4.44. The lowest BCUT2D eigenvalue weighted by Crippen LogP contribution is -2.47. The number of nitrogens with zero attached hydrogens (tertiary/aromatic N) is 2. The Kier molecular flexibility index (Phi) is 7.93. The molecule has 1 aliphatic carbocycles. The van der Waals surface area contributed by atoms with Gasteiger partial charge in [0.1, 0.15) is 11.5 Å². The van der Waals surface area contributed by atoms with Crippen molar-refractivity contribution in [2.45, 2.75) is 36.7 Å². The van der Waals surface area contributed by atoms with Gasteiger partial charge in [0, 0.05) is 67.8 Å². The van der Waals surface area contributed by atoms with Gasteiger partial charge in [-0.25, -0.2) is 0 Å². The molecular formula is C26H33N3OS. The molecule has 0 amide bonds. The molecule has 0 atom stereocenters. The van der Waals surface area contributed by atoms with Crippen LogP contribution < -0.4 is 10.1 Å². The van der Waals surface area contributed by atoms with Crippen LogP contribution in [0.25, 0.3) is 0 Å². The fraction of sp³-hybridized carbons (Fsp3) is 0.462. The van der Waals surface area contributed by atoms with Crippen molar-refractivity contribution in [3.8, 4) is 23.3 Å². The molecule has 2 fully saturated rings. The predicted molar refractivity (Wildman–Crippen MR) is 130 cm³/mol. The monoisotopic (exact) mass is 435 g/mol. The number of benzene rings is 2. The maximum atomic E-state index is 6.14. The minimum absolute atomic E-state index is 0.749. The highest BCUT2D eigenvalue weighted by atomic mass is 32.2. The number of ether oxygens (including phenoxy) is 1. The van der Waals surface area contributed by atoms with Crippen molar-refractivity contribution in [3.63, 3.8) is 0 Å². The summed E-state index contributed by atoms with van der Waals surface area (Å²) in [6.45, 7) is 6.66. The standard InChI is InChI=1S/C26H33N3OS/c1-27-20-22-19-21(6-13-26(22)30-24-9-11-25(31-2)12-10-24)5-3-4-14-28-15-17-29(18-16-28)23-7-8-23/h6,9-13,19,23,27H,4,7-8,14-18,20H2,1-2H3. The third-order valence-corrected chi connectivity index (χ3v) is 6.71. The third-order valence-electron chi connectivity index (χ3n) is 5.97. The summed E-state index contributed by atoms with van der Waals surface area (Å²) >= 11 is 1.73. The van der Waals surface area contributed by atoms with Crippen LogP contribution in [-0.4, -0.2) is 61.9 Å². The van der Waals surface area contributed by atoms with E-state index in [-0.39, 0.29) is 0 Å². The van der Waals surface area contributed by atoms with Crippen molar-refractivity contribution in [1.82, 2.24) is 15.1 Å². The third kappa shape index (κ3) is 6.51. The molecule has 1 N–H and O–H groups in total. The normalized spacial score (nSPS) is 17.2. The molecule has 0 aromatic heterocycles. The number of hydrogen-bond donors (Lipinski definition) is 1. The second-order valence-corrected chi connectivity index (χ2v) is 9.17. The second-order valence-electron chi connectivity index (χ2n) is 8.29. The van der Waals surface area contributed by atoms with Gasteiger partial charge in [-0.2, -0.15) is 0 Å². The molecule has 1 saturated carbocycles. The van der Waals surface area contributed by atoms with Crippen LogP contribution in [0.3, 0.4) is 0 Å². The van der Waals surface area contributed by atoms with Gasteiger partial charge in [-0.15, -0.1) is 11.8 Å². The number of nitrogens with one attached hydrogen (secondary N) is 1. The second kappa shape index (κ2) is 11.1. The largest absolute Gasteiger partial charge is 0.457 e. The Balaban J connectivity index is 1.31. The SMILES string of the molecule is CNCc1cc(C#CCCN2CCN(C3CC3)CC2)ccc1Oc1ccc(SC)cc1. The van der Waals surface area contributed by atoms with Gasteiger partial charge in [-0.05, 0) is 68.6 Å². The summed E-state index contributed by atoms with van der Waals surface area (Å²) in [5, 5.41) is 3.24. The van der Waals surface area contributed by atoms with E-state index in [0.717, 1.165) is 48.2 Å². The van der Waals surface area contributed by atoms with Gasteiger partial charge in [0.05, 0.1) is 0 Å². The van der Waals surface area contributed by atoms with Gasteiger partial charge < -0.3 is 10.1 Å². The van der Waals surface area contributed by atoms with E-state index in [1.54, 1.807) is 11.8 Å². The van der Waals surface area contributed by atoms with Crippen molar-refractivity contribution >= 4 is 11.8 Å². The molecule has 164 valence electrons. The van der Waals surface area contributed by atoms with E-state index in [2.05, 4.69) is 57.5 Å². The van der Waals surface area contributed by atoms with Gasteiger partial charge in [-0.3, -0.25) is 9.80 Å². The maximum absolute atomic E-state index is 6.14. The molecule has 0 unspecified atom stereocenters. The highest BCUT2D eigenvalue weighted by Gasteiger charge is 2.30. The van der Waals surface area contributed by atoms with Gasteiger partial charge in [-0.1, -0.05) is 11.8 Å². The van der Waals surface area contributed by atoms with Crippen molar-refractivity contribution in [2.24, 2.45) is 0 Å².